The zero-order valence-electron chi connectivity index (χ0n) is 19.3. The van der Waals surface area contributed by atoms with Crippen LogP contribution in [0.1, 0.15) is 29.2 Å². The Hall–Kier alpha value is -3.20. The lowest BCUT2D eigenvalue weighted by Gasteiger charge is -2.22. The largest absolute Gasteiger partial charge is 0.492 e. The maximum absolute atomic E-state index is 13.6. The number of nitrogens with one attached hydrogen (secondary N) is 1. The molecule has 0 fully saturated rings. The molecule has 0 aliphatic carbocycles. The molecule has 8 heteroatoms. The van der Waals surface area contributed by atoms with Gasteiger partial charge >= 0.3 is 0 Å². The SMILES string of the molecule is CC(=O)Nc1ccc(C)cc1S(=O)(=O)N1CCOc2ccc(COCc3ccccc3)cc2C1. The van der Waals surface area contributed by atoms with E-state index in [2.05, 4.69) is 5.32 Å². The van der Waals surface area contributed by atoms with Crippen LogP contribution in [-0.2, 0) is 39.3 Å². The molecule has 0 unspecified atom stereocenters. The molecule has 1 N–H and O–H groups in total. The highest BCUT2D eigenvalue weighted by molar-refractivity contribution is 7.89. The van der Waals surface area contributed by atoms with Crippen LogP contribution < -0.4 is 10.1 Å². The molecular weight excluding hydrogens is 452 g/mol. The fraction of sp³-hybridized carbons (Fsp3) is 0.269. The first-order valence-electron chi connectivity index (χ1n) is 11.1. The van der Waals surface area contributed by atoms with Gasteiger partial charge in [0.05, 0.1) is 18.9 Å². The van der Waals surface area contributed by atoms with Crippen molar-refractivity contribution in [3.8, 4) is 5.75 Å². The molecule has 0 saturated carbocycles. The van der Waals surface area contributed by atoms with E-state index in [-0.39, 0.29) is 36.2 Å². The number of nitrogens with zero attached hydrogens (tertiary/aromatic N) is 1. The molecule has 0 aromatic heterocycles. The molecule has 0 radical (unpaired) electrons. The number of carbonyl (C=O) groups is 1. The van der Waals surface area contributed by atoms with E-state index in [1.807, 2.05) is 55.5 Å². The van der Waals surface area contributed by atoms with E-state index in [9.17, 15) is 13.2 Å². The maximum atomic E-state index is 13.6. The van der Waals surface area contributed by atoms with Gasteiger partial charge in [0.2, 0.25) is 15.9 Å². The van der Waals surface area contributed by atoms with Gasteiger partial charge in [-0.1, -0.05) is 42.5 Å². The number of rotatable bonds is 7. The smallest absolute Gasteiger partial charge is 0.245 e. The van der Waals surface area contributed by atoms with Gasteiger partial charge in [-0.3, -0.25) is 4.79 Å². The second kappa shape index (κ2) is 10.4. The van der Waals surface area contributed by atoms with E-state index >= 15 is 0 Å². The van der Waals surface area contributed by atoms with E-state index in [0.29, 0.717) is 19.0 Å². The Morgan fingerprint density at radius 3 is 2.56 bits per heavy atom. The average molecular weight is 481 g/mol. The molecular formula is C26H28N2O5S. The second-order valence-electron chi connectivity index (χ2n) is 8.29. The minimum Gasteiger partial charge on any atom is -0.492 e. The standard InChI is InChI=1S/C26H28N2O5S/c1-19-8-10-24(27-20(2)29)26(14-19)34(30,31)28-12-13-33-25-11-9-22(15-23(25)16-28)18-32-17-21-6-4-3-5-7-21/h3-11,14-15H,12-13,16-18H2,1-2H3,(H,27,29). The van der Waals surface area contributed by atoms with Crippen molar-refractivity contribution in [1.82, 2.24) is 4.31 Å². The summed E-state index contributed by atoms with van der Waals surface area (Å²) in [5.41, 5.74) is 3.86. The van der Waals surface area contributed by atoms with Crippen LogP contribution in [0.2, 0.25) is 0 Å². The number of sulfonamides is 1. The number of ether oxygens (including phenoxy) is 2. The van der Waals surface area contributed by atoms with E-state index < -0.39 is 10.0 Å². The van der Waals surface area contributed by atoms with Crippen molar-refractivity contribution in [2.75, 3.05) is 18.5 Å². The molecule has 3 aromatic rings. The highest BCUT2D eigenvalue weighted by atomic mass is 32.2. The van der Waals surface area contributed by atoms with Crippen molar-refractivity contribution in [3.63, 3.8) is 0 Å². The van der Waals surface area contributed by atoms with Gasteiger partial charge in [-0.2, -0.15) is 4.31 Å². The van der Waals surface area contributed by atoms with Gasteiger partial charge in [0.1, 0.15) is 17.3 Å². The lowest BCUT2D eigenvalue weighted by molar-refractivity contribution is -0.114. The molecule has 1 amide bonds. The van der Waals surface area contributed by atoms with Crippen molar-refractivity contribution < 1.29 is 22.7 Å². The highest BCUT2D eigenvalue weighted by Crippen LogP contribution is 2.31. The van der Waals surface area contributed by atoms with E-state index in [0.717, 1.165) is 22.3 Å². The Morgan fingerprint density at radius 1 is 1.03 bits per heavy atom. The van der Waals surface area contributed by atoms with Crippen LogP contribution in [0.25, 0.3) is 0 Å². The third-order valence-electron chi connectivity index (χ3n) is 5.52. The molecule has 1 aliphatic heterocycles. The summed E-state index contributed by atoms with van der Waals surface area (Å²) in [6.07, 6.45) is 0. The number of benzene rings is 3. The number of carbonyl (C=O) groups excluding carboxylic acids is 1. The van der Waals surface area contributed by atoms with Gasteiger partial charge in [-0.15, -0.1) is 0 Å². The minimum absolute atomic E-state index is 0.0773. The van der Waals surface area contributed by atoms with Crippen LogP contribution in [0, 0.1) is 6.92 Å². The fourth-order valence-electron chi connectivity index (χ4n) is 3.85. The van der Waals surface area contributed by atoms with Crippen molar-refractivity contribution in [2.24, 2.45) is 0 Å². The first-order chi connectivity index (χ1) is 16.3. The lowest BCUT2D eigenvalue weighted by Crippen LogP contribution is -2.33. The van der Waals surface area contributed by atoms with Crippen molar-refractivity contribution >= 4 is 21.6 Å². The zero-order chi connectivity index (χ0) is 24.1. The molecule has 0 bridgehead atoms. The van der Waals surface area contributed by atoms with Gasteiger partial charge in [-0.25, -0.2) is 8.42 Å². The highest BCUT2D eigenvalue weighted by Gasteiger charge is 2.30. The molecule has 0 saturated heterocycles. The summed E-state index contributed by atoms with van der Waals surface area (Å²) in [5.74, 6) is 0.334. The second-order valence-corrected chi connectivity index (χ2v) is 10.2. The third-order valence-corrected chi connectivity index (χ3v) is 7.40. The third kappa shape index (κ3) is 5.64. The molecule has 178 valence electrons. The Bertz CT molecular complexity index is 1280. The topological polar surface area (TPSA) is 84.9 Å². The minimum atomic E-state index is -3.89. The van der Waals surface area contributed by atoms with E-state index in [4.69, 9.17) is 9.47 Å². The van der Waals surface area contributed by atoms with Gasteiger partial charge in [0, 0.05) is 25.6 Å². The number of anilines is 1. The number of aryl methyl sites for hydroxylation is 1. The first-order valence-corrected chi connectivity index (χ1v) is 12.5. The van der Waals surface area contributed by atoms with Gasteiger partial charge in [-0.05, 0) is 47.9 Å². The molecule has 0 spiro atoms. The number of hydrogen-bond acceptors (Lipinski definition) is 5. The monoisotopic (exact) mass is 480 g/mol. The summed E-state index contributed by atoms with van der Waals surface area (Å²) < 4.78 is 40.3. The quantitative estimate of drug-likeness (QED) is 0.546. The Morgan fingerprint density at radius 2 is 1.79 bits per heavy atom. The Kier molecular flexibility index (Phi) is 7.31. The van der Waals surface area contributed by atoms with Crippen LogP contribution in [-0.4, -0.2) is 31.8 Å². The first kappa shape index (κ1) is 23.9. The Labute approximate surface area is 200 Å². The van der Waals surface area contributed by atoms with Crippen LogP contribution in [0.3, 0.4) is 0 Å². The van der Waals surface area contributed by atoms with Crippen LogP contribution in [0.5, 0.6) is 5.75 Å². The normalized spacial score (nSPS) is 14.1. The molecule has 1 aliphatic rings. The fourth-order valence-corrected chi connectivity index (χ4v) is 5.49. The molecule has 34 heavy (non-hydrogen) atoms. The lowest BCUT2D eigenvalue weighted by atomic mass is 10.1. The predicted molar refractivity (Wildman–Crippen MR) is 130 cm³/mol. The van der Waals surface area contributed by atoms with Crippen molar-refractivity contribution in [1.29, 1.82) is 0 Å². The van der Waals surface area contributed by atoms with Crippen molar-refractivity contribution in [3.05, 3.63) is 89.0 Å². The summed E-state index contributed by atoms with van der Waals surface area (Å²) >= 11 is 0. The van der Waals surface area contributed by atoms with E-state index in [1.54, 1.807) is 18.2 Å². The predicted octanol–water partition coefficient (Wildman–Crippen LogP) is 4.25. The summed E-state index contributed by atoms with van der Waals surface area (Å²) in [6.45, 7) is 4.67. The molecule has 3 aromatic carbocycles. The van der Waals surface area contributed by atoms with Crippen LogP contribution >= 0.6 is 0 Å². The zero-order valence-corrected chi connectivity index (χ0v) is 20.1. The molecule has 4 rings (SSSR count). The van der Waals surface area contributed by atoms with Crippen LogP contribution in [0.4, 0.5) is 5.69 Å². The summed E-state index contributed by atoms with van der Waals surface area (Å²) in [6, 6.07) is 20.6. The summed E-state index contributed by atoms with van der Waals surface area (Å²) in [5, 5.41) is 2.63. The Balaban J connectivity index is 1.55. The molecule has 1 heterocycles. The van der Waals surface area contributed by atoms with Gasteiger partial charge < -0.3 is 14.8 Å². The van der Waals surface area contributed by atoms with Crippen LogP contribution in [0.15, 0.2) is 71.6 Å². The number of fused-ring (bicyclic) bond motifs is 1. The number of amides is 1. The van der Waals surface area contributed by atoms with Gasteiger partial charge in [0.15, 0.2) is 0 Å². The average Bonchev–Trinajstić information content (AvgIpc) is 3.03. The molecule has 0 atom stereocenters. The summed E-state index contributed by atoms with van der Waals surface area (Å²) in [7, 11) is -3.89. The van der Waals surface area contributed by atoms with Crippen molar-refractivity contribution in [2.45, 2.75) is 38.5 Å². The van der Waals surface area contributed by atoms with E-state index in [1.165, 1.54) is 11.2 Å². The van der Waals surface area contributed by atoms with Gasteiger partial charge in [0.25, 0.3) is 0 Å². The maximum Gasteiger partial charge on any atom is 0.245 e. The summed E-state index contributed by atoms with van der Waals surface area (Å²) in [4.78, 5) is 11.7. The number of hydrogen-bond donors (Lipinski definition) is 1. The molecule has 7 nitrogen and oxygen atoms in total.